The number of hydrogen-bond acceptors (Lipinski definition) is 3. The van der Waals surface area contributed by atoms with Crippen molar-refractivity contribution in [3.63, 3.8) is 0 Å². The molecule has 0 spiro atoms. The Morgan fingerprint density at radius 2 is 1.87 bits per heavy atom. The number of aromatic nitrogens is 3. The van der Waals surface area contributed by atoms with Crippen molar-refractivity contribution >= 4 is 0 Å². The summed E-state index contributed by atoms with van der Waals surface area (Å²) >= 11 is 0. The molecule has 15 heavy (non-hydrogen) atoms. The van der Waals surface area contributed by atoms with Crippen LogP contribution in [0, 0.1) is 0 Å². The molecule has 0 fully saturated rings. The predicted octanol–water partition coefficient (Wildman–Crippen LogP) is 2.17. The monoisotopic (exact) mass is 212 g/mol. The van der Waals surface area contributed by atoms with Gasteiger partial charge in [0.1, 0.15) is 12.2 Å². The Balaban J connectivity index is 0.000000442. The Bertz CT molecular complexity index is 244. The molecule has 1 aliphatic rings. The fourth-order valence-electron chi connectivity index (χ4n) is 1.38. The van der Waals surface area contributed by atoms with E-state index in [1.54, 1.807) is 6.33 Å². The Morgan fingerprint density at radius 1 is 1.20 bits per heavy atom. The molecular formula is C11H24N4. The smallest absolute Gasteiger partial charge is 0.141 e. The van der Waals surface area contributed by atoms with Gasteiger partial charge in [-0.1, -0.05) is 34.6 Å². The van der Waals surface area contributed by atoms with Gasteiger partial charge in [0.25, 0.3) is 0 Å². The van der Waals surface area contributed by atoms with Gasteiger partial charge in [0.05, 0.1) is 13.1 Å². The summed E-state index contributed by atoms with van der Waals surface area (Å²) in [4.78, 5) is 6.53. The van der Waals surface area contributed by atoms with Crippen LogP contribution in [0.3, 0.4) is 0 Å². The number of rotatable bonds is 1. The first kappa shape index (κ1) is 14.1. The van der Waals surface area contributed by atoms with E-state index in [4.69, 9.17) is 0 Å². The Hall–Kier alpha value is -0.900. The molecule has 4 nitrogen and oxygen atoms in total. The lowest BCUT2D eigenvalue weighted by Gasteiger charge is -2.24. The van der Waals surface area contributed by atoms with E-state index in [-0.39, 0.29) is 0 Å². The molecule has 88 valence electrons. The summed E-state index contributed by atoms with van der Waals surface area (Å²) in [7, 11) is 0. The van der Waals surface area contributed by atoms with Crippen molar-refractivity contribution < 1.29 is 0 Å². The minimum atomic E-state index is 0.955. The first-order chi connectivity index (χ1) is 7.40. The zero-order chi connectivity index (χ0) is 11.7. The van der Waals surface area contributed by atoms with Crippen LogP contribution in [0.5, 0.6) is 0 Å². The molecule has 4 heteroatoms. The SMILES string of the molecule is CC.CC.CCN1CCn2ncnc2C1. The third-order valence-electron chi connectivity index (χ3n) is 2.14. The normalized spacial score (nSPS) is 14.2. The summed E-state index contributed by atoms with van der Waals surface area (Å²) < 4.78 is 1.98. The lowest BCUT2D eigenvalue weighted by atomic mass is 10.4. The lowest BCUT2D eigenvalue weighted by Crippen LogP contribution is -2.33. The second-order valence-electron chi connectivity index (χ2n) is 2.77. The summed E-state index contributed by atoms with van der Waals surface area (Å²) in [5.74, 6) is 1.10. The van der Waals surface area contributed by atoms with Crippen molar-refractivity contribution in [3.05, 3.63) is 12.2 Å². The molecule has 2 heterocycles. The first-order valence-electron chi connectivity index (χ1n) is 5.99. The van der Waals surface area contributed by atoms with Crippen molar-refractivity contribution in [1.29, 1.82) is 0 Å². The highest BCUT2D eigenvalue weighted by atomic mass is 15.4. The van der Waals surface area contributed by atoms with Gasteiger partial charge in [-0.3, -0.25) is 4.90 Å². The topological polar surface area (TPSA) is 34.0 Å². The first-order valence-corrected chi connectivity index (χ1v) is 5.99. The van der Waals surface area contributed by atoms with Gasteiger partial charge in [0.15, 0.2) is 0 Å². The van der Waals surface area contributed by atoms with Crippen molar-refractivity contribution in [3.8, 4) is 0 Å². The van der Waals surface area contributed by atoms with Gasteiger partial charge in [-0.25, -0.2) is 9.67 Å². The maximum Gasteiger partial charge on any atom is 0.141 e. The van der Waals surface area contributed by atoms with Gasteiger partial charge < -0.3 is 0 Å². The van der Waals surface area contributed by atoms with Gasteiger partial charge in [-0.2, -0.15) is 5.10 Å². The number of nitrogens with zero attached hydrogens (tertiary/aromatic N) is 4. The molecule has 0 unspecified atom stereocenters. The largest absolute Gasteiger partial charge is 0.294 e. The van der Waals surface area contributed by atoms with E-state index < -0.39 is 0 Å². The van der Waals surface area contributed by atoms with Crippen LogP contribution in [0.2, 0.25) is 0 Å². The van der Waals surface area contributed by atoms with Gasteiger partial charge >= 0.3 is 0 Å². The zero-order valence-corrected chi connectivity index (χ0v) is 10.7. The van der Waals surface area contributed by atoms with Crippen molar-refractivity contribution in [2.45, 2.75) is 47.7 Å². The molecule has 0 saturated heterocycles. The highest BCUT2D eigenvalue weighted by molar-refractivity contribution is 4.87. The summed E-state index contributed by atoms with van der Waals surface area (Å²) in [5, 5.41) is 4.10. The van der Waals surface area contributed by atoms with E-state index in [1.807, 2.05) is 32.4 Å². The van der Waals surface area contributed by atoms with Gasteiger partial charge in [-0.05, 0) is 6.54 Å². The molecule has 1 aromatic heterocycles. The van der Waals surface area contributed by atoms with Gasteiger partial charge in [-0.15, -0.1) is 0 Å². The molecule has 0 saturated carbocycles. The standard InChI is InChI=1S/C7H12N4.2C2H6/c1-2-10-3-4-11-7(5-10)8-6-9-11;2*1-2/h6H,2-5H2,1H3;2*1-2H3. The second kappa shape index (κ2) is 8.41. The van der Waals surface area contributed by atoms with Crippen LogP contribution in [-0.4, -0.2) is 32.8 Å². The molecule has 1 aliphatic heterocycles. The lowest BCUT2D eigenvalue weighted by molar-refractivity contribution is 0.220. The summed E-state index contributed by atoms with van der Waals surface area (Å²) in [5.41, 5.74) is 0. The number of hydrogen-bond donors (Lipinski definition) is 0. The van der Waals surface area contributed by atoms with E-state index in [2.05, 4.69) is 21.9 Å². The van der Waals surface area contributed by atoms with E-state index in [0.29, 0.717) is 0 Å². The maximum atomic E-state index is 4.17. The average Bonchev–Trinajstić information content (AvgIpc) is 2.81. The van der Waals surface area contributed by atoms with E-state index in [1.165, 1.54) is 0 Å². The third-order valence-corrected chi connectivity index (χ3v) is 2.14. The molecule has 0 amide bonds. The Kier molecular flexibility index (Phi) is 7.91. The summed E-state index contributed by atoms with van der Waals surface area (Å²) in [6.45, 7) is 14.3. The minimum absolute atomic E-state index is 0.955. The summed E-state index contributed by atoms with van der Waals surface area (Å²) in [6, 6.07) is 0. The van der Waals surface area contributed by atoms with Crippen LogP contribution in [0.15, 0.2) is 6.33 Å². The van der Waals surface area contributed by atoms with Crippen LogP contribution in [0.4, 0.5) is 0 Å². The number of likely N-dealkylation sites (N-methyl/N-ethyl adjacent to an activating group) is 1. The molecule has 0 radical (unpaired) electrons. The van der Waals surface area contributed by atoms with E-state index >= 15 is 0 Å². The molecule has 0 aliphatic carbocycles. The molecule has 0 bridgehead atoms. The quantitative estimate of drug-likeness (QED) is 0.715. The Labute approximate surface area is 93.3 Å². The van der Waals surface area contributed by atoms with Gasteiger partial charge in [0, 0.05) is 6.54 Å². The van der Waals surface area contributed by atoms with Crippen LogP contribution in [-0.2, 0) is 13.1 Å². The van der Waals surface area contributed by atoms with E-state index in [9.17, 15) is 0 Å². The maximum absolute atomic E-state index is 4.17. The van der Waals surface area contributed by atoms with Crippen LogP contribution in [0.1, 0.15) is 40.4 Å². The molecule has 1 aromatic rings. The van der Waals surface area contributed by atoms with Crippen LogP contribution < -0.4 is 0 Å². The molecule has 0 atom stereocenters. The highest BCUT2D eigenvalue weighted by Gasteiger charge is 2.14. The Morgan fingerprint density at radius 3 is 2.47 bits per heavy atom. The third kappa shape index (κ3) is 4.00. The second-order valence-corrected chi connectivity index (χ2v) is 2.77. The molecule has 0 aromatic carbocycles. The predicted molar refractivity (Wildman–Crippen MR) is 63.7 cm³/mol. The summed E-state index contributed by atoms with van der Waals surface area (Å²) in [6.07, 6.45) is 1.63. The highest BCUT2D eigenvalue weighted by Crippen LogP contribution is 2.06. The zero-order valence-electron chi connectivity index (χ0n) is 10.7. The molecule has 2 rings (SSSR count). The fourth-order valence-corrected chi connectivity index (χ4v) is 1.38. The van der Waals surface area contributed by atoms with Crippen molar-refractivity contribution in [1.82, 2.24) is 19.7 Å². The fraction of sp³-hybridized carbons (Fsp3) is 0.818. The molecule has 0 N–H and O–H groups in total. The minimum Gasteiger partial charge on any atom is -0.294 e. The van der Waals surface area contributed by atoms with E-state index in [0.717, 1.165) is 32.0 Å². The van der Waals surface area contributed by atoms with Crippen LogP contribution >= 0.6 is 0 Å². The number of fused-ring (bicyclic) bond motifs is 1. The van der Waals surface area contributed by atoms with Crippen molar-refractivity contribution in [2.75, 3.05) is 13.1 Å². The average molecular weight is 212 g/mol. The van der Waals surface area contributed by atoms with Crippen LogP contribution in [0.25, 0.3) is 0 Å². The molecular weight excluding hydrogens is 188 g/mol. The van der Waals surface area contributed by atoms with Gasteiger partial charge in [0.2, 0.25) is 0 Å². The van der Waals surface area contributed by atoms with Crippen molar-refractivity contribution in [2.24, 2.45) is 0 Å².